The number of amides is 2. The minimum Gasteiger partial charge on any atom is -0.435 e. The molecule has 8 saturated heterocycles. The monoisotopic (exact) mass is 820 g/mol. The Morgan fingerprint density at radius 1 is 0.552 bits per heavy atom. The fourth-order valence-corrected chi connectivity index (χ4v) is 11.7. The molecule has 326 valence electrons. The number of esters is 2. The first-order valence-electron chi connectivity index (χ1n) is 22.0. The molecule has 10 rings (SSSR count). The third-order valence-electron chi connectivity index (χ3n) is 15.0. The van der Waals surface area contributed by atoms with Gasteiger partial charge in [0.2, 0.25) is 36.0 Å². The van der Waals surface area contributed by atoms with Gasteiger partial charge in [-0.3, -0.25) is 19.2 Å². The maximum Gasteiger partial charge on any atom is 0.308 e. The van der Waals surface area contributed by atoms with Crippen LogP contribution in [0, 0.1) is 47.3 Å². The summed E-state index contributed by atoms with van der Waals surface area (Å²) in [5.41, 5.74) is -1.48. The first kappa shape index (κ1) is 42.3. The summed E-state index contributed by atoms with van der Waals surface area (Å²) in [7, 11) is 0. The Bertz CT molecular complexity index is 1450. The molecule has 0 radical (unpaired) electrons. The quantitative estimate of drug-likeness (QED) is 0.143. The van der Waals surface area contributed by atoms with Crippen molar-refractivity contribution in [3.05, 3.63) is 0 Å². The van der Waals surface area contributed by atoms with E-state index in [0.717, 1.165) is 38.5 Å². The standard InChI is InChI=1S/C42H64N2O14/c1-23-9-11-29-25(3)35(51-37-41(29)27(23)17-19-39(5,53-37)55-57-41)49-33(47)15-13-31(45)43-21-7-8-22-44-32(46)14-16-34(48)50-36-26(4)30-12-10-24(2)28-18-20-40(6)54-38(52-36)42(28,30)58-56-40/h23-30,35-38H,7-22H2,1-6H3,(H,43,45)(H,44,46)/t23-,24-,25-,26-,27?,28?,29?,30?,35+,36+,37?,38?,39+,40+,41-,42-/m1/s1. The maximum absolute atomic E-state index is 12.9. The molecule has 2 N–H and O–H groups in total. The van der Waals surface area contributed by atoms with Crippen molar-refractivity contribution >= 4 is 23.8 Å². The predicted octanol–water partition coefficient (Wildman–Crippen LogP) is 5.06. The molecule has 2 saturated carbocycles. The molecule has 0 aromatic carbocycles. The lowest BCUT2D eigenvalue weighted by atomic mass is 9.58. The van der Waals surface area contributed by atoms with Crippen LogP contribution in [0.5, 0.6) is 0 Å². The van der Waals surface area contributed by atoms with Crippen molar-refractivity contribution < 1.29 is 67.1 Å². The third kappa shape index (κ3) is 7.71. The number of unbranched alkanes of at least 4 members (excludes halogenated alkanes) is 1. The molecule has 8 heterocycles. The van der Waals surface area contributed by atoms with Crippen LogP contribution in [-0.4, -0.2) is 84.8 Å². The van der Waals surface area contributed by atoms with Gasteiger partial charge in [-0.05, 0) is 88.9 Å². The van der Waals surface area contributed by atoms with Crippen molar-refractivity contribution in [2.24, 2.45) is 47.3 Å². The van der Waals surface area contributed by atoms with Crippen LogP contribution in [-0.2, 0) is 67.1 Å². The predicted molar refractivity (Wildman–Crippen MR) is 200 cm³/mol. The molecule has 2 spiro atoms. The van der Waals surface area contributed by atoms with Crippen molar-refractivity contribution in [2.75, 3.05) is 13.1 Å². The fraction of sp³-hybridized carbons (Fsp3) is 0.905. The van der Waals surface area contributed by atoms with Crippen molar-refractivity contribution in [3.8, 4) is 0 Å². The van der Waals surface area contributed by atoms with Gasteiger partial charge in [0.05, 0.1) is 12.8 Å². The average molecular weight is 821 g/mol. The first-order chi connectivity index (χ1) is 27.7. The van der Waals surface area contributed by atoms with E-state index in [2.05, 4.69) is 24.5 Å². The largest absolute Gasteiger partial charge is 0.435 e. The summed E-state index contributed by atoms with van der Waals surface area (Å²) in [5.74, 6) is -2.34. The molecule has 6 unspecified atom stereocenters. The Morgan fingerprint density at radius 3 is 1.38 bits per heavy atom. The van der Waals surface area contributed by atoms with Gasteiger partial charge in [0, 0.05) is 62.4 Å². The Kier molecular flexibility index (Phi) is 12.0. The second-order valence-electron chi connectivity index (χ2n) is 18.9. The van der Waals surface area contributed by atoms with E-state index in [1.54, 1.807) is 0 Å². The van der Waals surface area contributed by atoms with Gasteiger partial charge in [-0.15, -0.1) is 0 Å². The van der Waals surface area contributed by atoms with E-state index in [-0.39, 0.29) is 73.0 Å². The first-order valence-corrected chi connectivity index (χ1v) is 22.0. The van der Waals surface area contributed by atoms with Crippen LogP contribution in [0.1, 0.15) is 131 Å². The van der Waals surface area contributed by atoms with Crippen molar-refractivity contribution in [2.45, 2.75) is 179 Å². The zero-order chi connectivity index (χ0) is 41.0. The number of ether oxygens (including phenoxy) is 6. The molecule has 2 amide bonds. The van der Waals surface area contributed by atoms with E-state index in [1.165, 1.54) is 0 Å². The molecule has 10 aliphatic rings. The Hall–Kier alpha value is -2.44. The summed E-state index contributed by atoms with van der Waals surface area (Å²) in [6.07, 6.45) is 5.05. The SMILES string of the molecule is C[C@@H]1CCC2[C@@H](C)[C@@H](OC(=O)CCC(=O)NCCCCNC(=O)CCC(=O)O[C@H]3OC4O[C@]5(C)CCC6[C@H](C)CCC([C@H]3C)[C@@]46OO5)OC3O[C@]4(C)CCC1[C@]32OO4. The van der Waals surface area contributed by atoms with Gasteiger partial charge in [-0.2, -0.15) is 0 Å². The van der Waals surface area contributed by atoms with E-state index in [0.29, 0.717) is 50.6 Å². The molecule has 16 nitrogen and oxygen atoms in total. The Balaban J connectivity index is 0.700. The zero-order valence-electron chi connectivity index (χ0n) is 35.0. The van der Waals surface area contributed by atoms with Gasteiger partial charge >= 0.3 is 11.9 Å². The van der Waals surface area contributed by atoms with E-state index in [1.807, 2.05) is 27.7 Å². The summed E-state index contributed by atoms with van der Waals surface area (Å²) < 4.78 is 36.9. The normalized spacial score (nSPS) is 46.1. The number of carbonyl (C=O) groups excluding carboxylic acids is 4. The van der Waals surface area contributed by atoms with Crippen LogP contribution >= 0.6 is 0 Å². The van der Waals surface area contributed by atoms with Crippen LogP contribution in [0.2, 0.25) is 0 Å². The van der Waals surface area contributed by atoms with Gasteiger partial charge in [0.25, 0.3) is 0 Å². The second kappa shape index (κ2) is 16.4. The molecule has 8 aliphatic heterocycles. The minimum atomic E-state index is -0.920. The topological polar surface area (TPSA) is 185 Å². The molecule has 16 heteroatoms. The number of hydrogen-bond donors (Lipinski definition) is 2. The van der Waals surface area contributed by atoms with Gasteiger partial charge in [-0.1, -0.05) is 27.7 Å². The summed E-state index contributed by atoms with van der Waals surface area (Å²) in [4.78, 5) is 74.9. The van der Waals surface area contributed by atoms with Gasteiger partial charge in [-0.25, -0.2) is 19.6 Å². The summed E-state index contributed by atoms with van der Waals surface area (Å²) in [6.45, 7) is 13.0. The highest BCUT2D eigenvalue weighted by Crippen LogP contribution is 2.62. The smallest absolute Gasteiger partial charge is 0.308 e. The zero-order valence-corrected chi connectivity index (χ0v) is 35.0. The molecule has 0 aromatic rings. The van der Waals surface area contributed by atoms with Gasteiger partial charge < -0.3 is 39.1 Å². The van der Waals surface area contributed by atoms with Crippen molar-refractivity contribution in [3.63, 3.8) is 0 Å². The van der Waals surface area contributed by atoms with E-state index >= 15 is 0 Å². The summed E-state index contributed by atoms with van der Waals surface area (Å²) >= 11 is 0. The number of rotatable bonds is 13. The average Bonchev–Trinajstić information content (AvgIpc) is 3.56. The molecule has 16 atom stereocenters. The van der Waals surface area contributed by atoms with Crippen molar-refractivity contribution in [1.82, 2.24) is 10.6 Å². The maximum atomic E-state index is 12.9. The van der Waals surface area contributed by atoms with E-state index in [4.69, 9.17) is 48.0 Å². The molecular formula is C42H64N2O14. The summed E-state index contributed by atoms with van der Waals surface area (Å²) in [6, 6.07) is 0. The van der Waals surface area contributed by atoms with E-state index in [9.17, 15) is 19.2 Å². The number of fused-ring (bicyclic) bond motifs is 4. The van der Waals surface area contributed by atoms with Gasteiger partial charge in [0.15, 0.2) is 23.8 Å². The van der Waals surface area contributed by atoms with Crippen LogP contribution in [0.25, 0.3) is 0 Å². The lowest BCUT2D eigenvalue weighted by Gasteiger charge is -2.59. The fourth-order valence-electron chi connectivity index (χ4n) is 11.7. The van der Waals surface area contributed by atoms with Crippen molar-refractivity contribution in [1.29, 1.82) is 0 Å². The number of hydrogen-bond acceptors (Lipinski definition) is 14. The third-order valence-corrected chi connectivity index (χ3v) is 15.0. The highest BCUT2D eigenvalue weighted by molar-refractivity contribution is 5.81. The number of carbonyl (C=O) groups is 4. The van der Waals surface area contributed by atoms with Crippen LogP contribution in [0.15, 0.2) is 0 Å². The lowest BCUT2D eigenvalue weighted by molar-refractivity contribution is -0.576. The van der Waals surface area contributed by atoms with Gasteiger partial charge in [0.1, 0.15) is 0 Å². The molecule has 2 aliphatic carbocycles. The highest BCUT2D eigenvalue weighted by Gasteiger charge is 2.71. The van der Waals surface area contributed by atoms with E-state index < -0.39 is 59.9 Å². The molecule has 0 aromatic heterocycles. The van der Waals surface area contributed by atoms with Crippen LogP contribution in [0.4, 0.5) is 0 Å². The van der Waals surface area contributed by atoms with Crippen LogP contribution in [0.3, 0.4) is 0 Å². The highest BCUT2D eigenvalue weighted by atomic mass is 17.3. The number of nitrogens with one attached hydrogen (secondary N) is 2. The molecule has 58 heavy (non-hydrogen) atoms. The minimum absolute atomic E-state index is 0.0180. The molecular weight excluding hydrogens is 756 g/mol. The Labute approximate surface area is 340 Å². The summed E-state index contributed by atoms with van der Waals surface area (Å²) in [5, 5.41) is 5.66. The van der Waals surface area contributed by atoms with Crippen LogP contribution < -0.4 is 10.6 Å². The Morgan fingerprint density at radius 2 is 0.966 bits per heavy atom. The molecule has 10 fully saturated rings. The lowest BCUT2D eigenvalue weighted by Crippen LogP contribution is -2.70. The molecule has 4 bridgehead atoms. The second-order valence-corrected chi connectivity index (χ2v) is 18.9.